The van der Waals surface area contributed by atoms with Gasteiger partial charge in [-0.15, -0.1) is 0 Å². The Morgan fingerprint density at radius 3 is 2.82 bits per heavy atom. The molecule has 0 bridgehead atoms. The molecule has 0 amide bonds. The highest BCUT2D eigenvalue weighted by Gasteiger charge is 2.25. The largest absolute Gasteiger partial charge is 0.484 e. The maximum absolute atomic E-state index is 5.99. The van der Waals surface area contributed by atoms with Crippen LogP contribution in [0.1, 0.15) is 29.7 Å². The van der Waals surface area contributed by atoms with Gasteiger partial charge in [0.25, 0.3) is 5.88 Å². The normalized spacial score (nSPS) is 16.2. The van der Waals surface area contributed by atoms with E-state index in [1.54, 1.807) is 0 Å². The van der Waals surface area contributed by atoms with Gasteiger partial charge in [-0.3, -0.25) is 0 Å². The Labute approximate surface area is 165 Å². The Kier molecular flexibility index (Phi) is 5.34. The van der Waals surface area contributed by atoms with Crippen LogP contribution in [0.5, 0.6) is 11.6 Å². The molecule has 0 saturated carbocycles. The minimum absolute atomic E-state index is 0.509. The molecule has 148 valence electrons. The fourth-order valence-electron chi connectivity index (χ4n) is 3.68. The zero-order valence-electron chi connectivity index (χ0n) is 16.7. The molecular weight excluding hydrogens is 354 g/mol. The van der Waals surface area contributed by atoms with E-state index in [1.165, 1.54) is 5.57 Å². The molecule has 7 heteroatoms. The number of nitrogens with zero attached hydrogens (tertiary/aromatic N) is 2. The Hall–Kier alpha value is -2.80. The molecule has 2 aromatic heterocycles. The quantitative estimate of drug-likeness (QED) is 0.749. The summed E-state index contributed by atoms with van der Waals surface area (Å²) in [5, 5.41) is 9.98. The van der Waals surface area contributed by atoms with Crippen molar-refractivity contribution in [2.75, 3.05) is 44.0 Å². The topological polar surface area (TPSA) is 80.3 Å². The number of fused-ring (bicyclic) bond motifs is 1. The minimum Gasteiger partial charge on any atom is -0.484 e. The second-order valence-corrected chi connectivity index (χ2v) is 7.09. The van der Waals surface area contributed by atoms with Crippen LogP contribution in [0.2, 0.25) is 0 Å². The molecule has 0 spiro atoms. The van der Waals surface area contributed by atoms with Crippen molar-refractivity contribution in [3.63, 3.8) is 0 Å². The molecule has 0 fully saturated rings. The summed E-state index contributed by atoms with van der Waals surface area (Å²) in [4.78, 5) is 9.31. The SMILES string of the molecule is CNc1cc(C)nc(Nc2nc3c(c(C4=CCNCCC4)c2C)OCCO3)c1. The molecule has 0 saturated heterocycles. The first-order valence-electron chi connectivity index (χ1n) is 9.79. The van der Waals surface area contributed by atoms with Gasteiger partial charge in [0.1, 0.15) is 24.8 Å². The first-order chi connectivity index (χ1) is 13.7. The summed E-state index contributed by atoms with van der Waals surface area (Å²) in [5.41, 5.74) is 5.36. The molecule has 2 aliphatic heterocycles. The van der Waals surface area contributed by atoms with Crippen molar-refractivity contribution in [1.29, 1.82) is 0 Å². The molecule has 4 rings (SSSR count). The van der Waals surface area contributed by atoms with Gasteiger partial charge >= 0.3 is 0 Å². The van der Waals surface area contributed by atoms with E-state index in [9.17, 15) is 0 Å². The molecule has 28 heavy (non-hydrogen) atoms. The standard InChI is InChI=1S/C21H27N5O2/c1-13-11-16(22-3)12-17(24-13)25-20-14(2)18(15-5-4-7-23-8-6-15)19-21(26-20)28-10-9-27-19/h6,11-12,23H,4-5,7-10H2,1-3H3,(H2,22,24,25,26). The van der Waals surface area contributed by atoms with Gasteiger partial charge in [0.15, 0.2) is 5.75 Å². The van der Waals surface area contributed by atoms with Crippen LogP contribution in [0.25, 0.3) is 5.57 Å². The fraction of sp³-hybridized carbons (Fsp3) is 0.429. The average Bonchev–Trinajstić information content (AvgIpc) is 2.97. The summed E-state index contributed by atoms with van der Waals surface area (Å²) in [6.45, 7) is 7.00. The molecule has 0 atom stereocenters. The summed E-state index contributed by atoms with van der Waals surface area (Å²) in [7, 11) is 1.90. The maximum atomic E-state index is 5.99. The Morgan fingerprint density at radius 1 is 1.11 bits per heavy atom. The molecule has 0 aliphatic carbocycles. The number of nitrogens with one attached hydrogen (secondary N) is 3. The van der Waals surface area contributed by atoms with Crippen molar-refractivity contribution in [3.8, 4) is 11.6 Å². The number of hydrogen-bond donors (Lipinski definition) is 3. The fourth-order valence-corrected chi connectivity index (χ4v) is 3.68. The number of allylic oxidation sites excluding steroid dienone is 1. The third kappa shape index (κ3) is 3.75. The van der Waals surface area contributed by atoms with Gasteiger partial charge in [-0.2, -0.15) is 4.98 Å². The highest BCUT2D eigenvalue weighted by atomic mass is 16.6. The van der Waals surface area contributed by atoms with Gasteiger partial charge in [-0.1, -0.05) is 6.08 Å². The van der Waals surface area contributed by atoms with Crippen molar-refractivity contribution >= 4 is 22.9 Å². The molecule has 2 aromatic rings. The van der Waals surface area contributed by atoms with Crippen LogP contribution < -0.4 is 25.4 Å². The summed E-state index contributed by atoms with van der Waals surface area (Å²) in [5.74, 6) is 2.81. The lowest BCUT2D eigenvalue weighted by molar-refractivity contribution is 0.164. The molecule has 3 N–H and O–H groups in total. The number of anilines is 3. The van der Waals surface area contributed by atoms with Gasteiger partial charge in [0.2, 0.25) is 0 Å². The zero-order valence-corrected chi connectivity index (χ0v) is 16.7. The molecular formula is C21H27N5O2. The number of aryl methyl sites for hydroxylation is 1. The van der Waals surface area contributed by atoms with Gasteiger partial charge in [-0.05, 0) is 44.9 Å². The predicted molar refractivity (Wildman–Crippen MR) is 112 cm³/mol. The minimum atomic E-state index is 0.509. The van der Waals surface area contributed by atoms with Crippen LogP contribution in [-0.2, 0) is 0 Å². The third-order valence-corrected chi connectivity index (χ3v) is 5.04. The molecule has 4 heterocycles. The van der Waals surface area contributed by atoms with E-state index in [0.717, 1.165) is 65.8 Å². The number of pyridine rings is 2. The lowest BCUT2D eigenvalue weighted by atomic mass is 9.96. The van der Waals surface area contributed by atoms with Crippen LogP contribution in [0, 0.1) is 13.8 Å². The number of ether oxygens (including phenoxy) is 2. The van der Waals surface area contributed by atoms with Crippen molar-refractivity contribution in [2.24, 2.45) is 0 Å². The highest BCUT2D eigenvalue weighted by Crippen LogP contribution is 2.43. The monoisotopic (exact) mass is 381 g/mol. The first kappa shape index (κ1) is 18.6. The van der Waals surface area contributed by atoms with Gasteiger partial charge in [0.05, 0.1) is 0 Å². The molecule has 0 radical (unpaired) electrons. The van der Waals surface area contributed by atoms with E-state index in [1.807, 2.05) is 26.1 Å². The number of hydrogen-bond acceptors (Lipinski definition) is 7. The summed E-state index contributed by atoms with van der Waals surface area (Å²) in [6.07, 6.45) is 4.35. The van der Waals surface area contributed by atoms with Gasteiger partial charge in [-0.25, -0.2) is 4.98 Å². The van der Waals surface area contributed by atoms with Crippen LogP contribution in [0.4, 0.5) is 17.3 Å². The highest BCUT2D eigenvalue weighted by molar-refractivity contribution is 5.80. The van der Waals surface area contributed by atoms with E-state index in [2.05, 4.69) is 33.9 Å². The smallest absolute Gasteiger partial charge is 0.259 e. The second kappa shape index (κ2) is 8.06. The molecule has 0 unspecified atom stereocenters. The van der Waals surface area contributed by atoms with Crippen molar-refractivity contribution < 1.29 is 9.47 Å². The van der Waals surface area contributed by atoms with Crippen LogP contribution in [0.3, 0.4) is 0 Å². The summed E-state index contributed by atoms with van der Waals surface area (Å²) < 4.78 is 11.8. The molecule has 7 nitrogen and oxygen atoms in total. The van der Waals surface area contributed by atoms with E-state index in [0.29, 0.717) is 19.1 Å². The zero-order chi connectivity index (χ0) is 19.5. The number of rotatable bonds is 4. The van der Waals surface area contributed by atoms with E-state index >= 15 is 0 Å². The number of aromatic nitrogens is 2. The Morgan fingerprint density at radius 2 is 1.96 bits per heavy atom. The summed E-state index contributed by atoms with van der Waals surface area (Å²) >= 11 is 0. The third-order valence-electron chi connectivity index (χ3n) is 5.04. The van der Waals surface area contributed by atoms with Crippen LogP contribution >= 0.6 is 0 Å². The first-order valence-corrected chi connectivity index (χ1v) is 9.79. The Bertz CT molecular complexity index is 910. The lowest BCUT2D eigenvalue weighted by Gasteiger charge is -2.24. The van der Waals surface area contributed by atoms with E-state index in [-0.39, 0.29) is 0 Å². The summed E-state index contributed by atoms with van der Waals surface area (Å²) in [6, 6.07) is 3.98. The molecule has 2 aliphatic rings. The predicted octanol–water partition coefficient (Wildman–Crippen LogP) is 3.42. The van der Waals surface area contributed by atoms with Crippen LogP contribution in [-0.4, -0.2) is 43.3 Å². The van der Waals surface area contributed by atoms with Crippen molar-refractivity contribution in [1.82, 2.24) is 15.3 Å². The van der Waals surface area contributed by atoms with Crippen LogP contribution in [0.15, 0.2) is 18.2 Å². The van der Waals surface area contributed by atoms with E-state index < -0.39 is 0 Å². The average molecular weight is 381 g/mol. The van der Waals surface area contributed by atoms with Crippen molar-refractivity contribution in [3.05, 3.63) is 35.0 Å². The van der Waals surface area contributed by atoms with Gasteiger partial charge < -0.3 is 25.4 Å². The van der Waals surface area contributed by atoms with Gasteiger partial charge in [0, 0.05) is 42.2 Å². The molecule has 0 aromatic carbocycles. The van der Waals surface area contributed by atoms with Crippen molar-refractivity contribution in [2.45, 2.75) is 26.7 Å². The van der Waals surface area contributed by atoms with E-state index in [4.69, 9.17) is 14.5 Å². The lowest BCUT2D eigenvalue weighted by Crippen LogP contribution is -2.19. The maximum Gasteiger partial charge on any atom is 0.259 e. The second-order valence-electron chi connectivity index (χ2n) is 7.09. The Balaban J connectivity index is 1.79.